The Kier molecular flexibility index (Phi) is 3.01. The van der Waals surface area contributed by atoms with Crippen molar-refractivity contribution >= 4 is 17.6 Å². The fourth-order valence-corrected chi connectivity index (χ4v) is 1.51. The molecule has 0 fully saturated rings. The molecule has 0 amide bonds. The van der Waals surface area contributed by atoms with E-state index in [1.54, 1.807) is 6.07 Å². The zero-order valence-electron chi connectivity index (χ0n) is 8.39. The van der Waals surface area contributed by atoms with Gasteiger partial charge in [0.1, 0.15) is 5.82 Å². The molecule has 0 saturated heterocycles. The Labute approximate surface area is 101 Å². The Bertz CT molecular complexity index is 589. The van der Waals surface area contributed by atoms with E-state index >= 15 is 0 Å². The summed E-state index contributed by atoms with van der Waals surface area (Å²) in [5, 5.41) is 8.85. The largest absolute Gasteiger partial charge is 0.475 e. The molecule has 0 aliphatic heterocycles. The van der Waals surface area contributed by atoms with Gasteiger partial charge >= 0.3 is 5.97 Å². The van der Waals surface area contributed by atoms with Crippen LogP contribution in [-0.4, -0.2) is 21.0 Å². The summed E-state index contributed by atoms with van der Waals surface area (Å²) >= 11 is 5.82. The first kappa shape index (κ1) is 11.5. The highest BCUT2D eigenvalue weighted by Gasteiger charge is 2.14. The second kappa shape index (κ2) is 4.47. The lowest BCUT2D eigenvalue weighted by atomic mass is 10.1. The van der Waals surface area contributed by atoms with Crippen LogP contribution in [0.1, 0.15) is 10.6 Å². The molecule has 0 atom stereocenters. The lowest BCUT2D eigenvalue weighted by molar-refractivity contribution is 0.0683. The van der Waals surface area contributed by atoms with Crippen molar-refractivity contribution < 1.29 is 14.3 Å². The highest BCUT2D eigenvalue weighted by atomic mass is 35.5. The molecule has 0 aliphatic carbocycles. The van der Waals surface area contributed by atoms with E-state index in [-0.39, 0.29) is 16.3 Å². The van der Waals surface area contributed by atoms with Crippen LogP contribution in [0.25, 0.3) is 11.3 Å². The molecule has 0 aliphatic rings. The Morgan fingerprint density at radius 3 is 2.71 bits per heavy atom. The molecule has 2 aromatic rings. The number of hydrogen-bond donors (Lipinski definition) is 1. The van der Waals surface area contributed by atoms with Gasteiger partial charge in [-0.3, -0.25) is 0 Å². The molecule has 0 spiro atoms. The SMILES string of the molecule is O=C(O)c1ncc(Cl)c(-c2ccccc2F)n1. The number of carboxylic acid groups (broad SMARTS) is 1. The van der Waals surface area contributed by atoms with Crippen LogP contribution < -0.4 is 0 Å². The Hall–Kier alpha value is -2.01. The fraction of sp³-hybridized carbons (Fsp3) is 0. The number of nitrogens with zero attached hydrogens (tertiary/aromatic N) is 2. The van der Waals surface area contributed by atoms with Gasteiger partial charge in [-0.05, 0) is 12.1 Å². The monoisotopic (exact) mass is 252 g/mol. The number of aromatic nitrogens is 2. The Morgan fingerprint density at radius 1 is 1.35 bits per heavy atom. The number of carbonyl (C=O) groups is 1. The van der Waals surface area contributed by atoms with E-state index in [4.69, 9.17) is 16.7 Å². The average molecular weight is 253 g/mol. The highest BCUT2D eigenvalue weighted by Crippen LogP contribution is 2.27. The number of benzene rings is 1. The predicted molar refractivity (Wildman–Crippen MR) is 59.4 cm³/mol. The third-order valence-corrected chi connectivity index (χ3v) is 2.34. The van der Waals surface area contributed by atoms with Gasteiger partial charge in [-0.25, -0.2) is 19.2 Å². The second-order valence-electron chi connectivity index (χ2n) is 3.18. The van der Waals surface area contributed by atoms with Crippen LogP contribution in [0.3, 0.4) is 0 Å². The standard InChI is InChI=1S/C11H6ClFN2O2/c12-7-5-14-10(11(16)17)15-9(7)6-3-1-2-4-8(6)13/h1-5H,(H,16,17). The zero-order chi connectivity index (χ0) is 12.4. The molecule has 0 unspecified atom stereocenters. The summed E-state index contributed by atoms with van der Waals surface area (Å²) in [6.45, 7) is 0. The van der Waals surface area contributed by atoms with E-state index in [0.29, 0.717) is 0 Å². The minimum atomic E-state index is -1.29. The van der Waals surface area contributed by atoms with Crippen molar-refractivity contribution in [2.45, 2.75) is 0 Å². The van der Waals surface area contributed by atoms with Crippen LogP contribution in [0.5, 0.6) is 0 Å². The smallest absolute Gasteiger partial charge is 0.373 e. The van der Waals surface area contributed by atoms with Gasteiger partial charge in [-0.2, -0.15) is 0 Å². The second-order valence-corrected chi connectivity index (χ2v) is 3.58. The minimum Gasteiger partial charge on any atom is -0.475 e. The molecule has 86 valence electrons. The summed E-state index contributed by atoms with van der Waals surface area (Å²) in [5.74, 6) is -2.24. The van der Waals surface area contributed by atoms with Crippen molar-refractivity contribution in [1.82, 2.24) is 9.97 Å². The average Bonchev–Trinajstić information content (AvgIpc) is 2.30. The van der Waals surface area contributed by atoms with Crippen molar-refractivity contribution in [1.29, 1.82) is 0 Å². The molecule has 17 heavy (non-hydrogen) atoms. The number of carboxylic acids is 1. The molecule has 1 heterocycles. The van der Waals surface area contributed by atoms with Gasteiger partial charge in [0, 0.05) is 5.56 Å². The Morgan fingerprint density at radius 2 is 2.06 bits per heavy atom. The minimum absolute atomic E-state index is 0.0668. The van der Waals surface area contributed by atoms with Gasteiger partial charge in [-0.15, -0.1) is 0 Å². The molecule has 0 bridgehead atoms. The van der Waals surface area contributed by atoms with Crippen LogP contribution in [0.4, 0.5) is 4.39 Å². The summed E-state index contributed by atoms with van der Waals surface area (Å²) in [6, 6.07) is 5.84. The van der Waals surface area contributed by atoms with Crippen LogP contribution >= 0.6 is 11.6 Å². The van der Waals surface area contributed by atoms with E-state index in [2.05, 4.69) is 9.97 Å². The highest BCUT2D eigenvalue weighted by molar-refractivity contribution is 6.32. The lowest BCUT2D eigenvalue weighted by Gasteiger charge is -2.05. The molecule has 6 heteroatoms. The molecular formula is C11H6ClFN2O2. The molecule has 1 aromatic carbocycles. The van der Waals surface area contributed by atoms with Gasteiger partial charge in [-0.1, -0.05) is 23.7 Å². The lowest BCUT2D eigenvalue weighted by Crippen LogP contribution is -2.05. The van der Waals surface area contributed by atoms with Crippen LogP contribution in [0.2, 0.25) is 5.02 Å². The summed E-state index contributed by atoms with van der Waals surface area (Å²) < 4.78 is 13.5. The number of halogens is 2. The third kappa shape index (κ3) is 2.24. The van der Waals surface area contributed by atoms with E-state index in [9.17, 15) is 9.18 Å². The van der Waals surface area contributed by atoms with Crippen LogP contribution in [-0.2, 0) is 0 Å². The maximum absolute atomic E-state index is 13.5. The third-order valence-electron chi connectivity index (χ3n) is 2.06. The summed E-state index contributed by atoms with van der Waals surface area (Å²) in [5.41, 5.74) is 0.208. The van der Waals surface area contributed by atoms with Gasteiger partial charge < -0.3 is 5.11 Å². The topological polar surface area (TPSA) is 63.1 Å². The van der Waals surface area contributed by atoms with Crippen molar-refractivity contribution in [3.8, 4) is 11.3 Å². The first-order valence-electron chi connectivity index (χ1n) is 4.60. The fourth-order valence-electron chi connectivity index (χ4n) is 1.31. The Balaban J connectivity index is 2.63. The summed E-state index contributed by atoms with van der Waals surface area (Å²) in [6.07, 6.45) is 1.14. The van der Waals surface area contributed by atoms with Gasteiger partial charge in [0.2, 0.25) is 5.82 Å². The molecule has 4 nitrogen and oxygen atoms in total. The predicted octanol–water partition coefficient (Wildman–Crippen LogP) is 2.63. The zero-order valence-corrected chi connectivity index (χ0v) is 9.15. The number of rotatable bonds is 2. The first-order chi connectivity index (χ1) is 8.09. The van der Waals surface area contributed by atoms with Crippen molar-refractivity contribution in [2.75, 3.05) is 0 Å². The number of hydrogen-bond acceptors (Lipinski definition) is 3. The summed E-state index contributed by atoms with van der Waals surface area (Å²) in [4.78, 5) is 18.0. The molecule has 0 radical (unpaired) electrons. The van der Waals surface area contributed by atoms with Crippen molar-refractivity contribution in [3.63, 3.8) is 0 Å². The van der Waals surface area contributed by atoms with Crippen molar-refractivity contribution in [2.24, 2.45) is 0 Å². The number of aromatic carboxylic acids is 1. The molecular weight excluding hydrogens is 247 g/mol. The van der Waals surface area contributed by atoms with E-state index in [1.165, 1.54) is 18.2 Å². The summed E-state index contributed by atoms with van der Waals surface area (Å²) in [7, 11) is 0. The van der Waals surface area contributed by atoms with E-state index in [0.717, 1.165) is 6.20 Å². The van der Waals surface area contributed by atoms with Gasteiger partial charge in [0.05, 0.1) is 16.9 Å². The van der Waals surface area contributed by atoms with Crippen LogP contribution in [0.15, 0.2) is 30.5 Å². The van der Waals surface area contributed by atoms with E-state index in [1.807, 2.05) is 0 Å². The van der Waals surface area contributed by atoms with Gasteiger partial charge in [0.15, 0.2) is 0 Å². The van der Waals surface area contributed by atoms with Crippen molar-refractivity contribution in [3.05, 3.63) is 47.1 Å². The molecule has 1 aromatic heterocycles. The van der Waals surface area contributed by atoms with Gasteiger partial charge in [0.25, 0.3) is 0 Å². The molecule has 2 rings (SSSR count). The van der Waals surface area contributed by atoms with Crippen LogP contribution in [0, 0.1) is 5.82 Å². The molecule has 1 N–H and O–H groups in total. The maximum atomic E-state index is 13.5. The normalized spacial score (nSPS) is 10.2. The quantitative estimate of drug-likeness (QED) is 0.892. The maximum Gasteiger partial charge on any atom is 0.373 e. The van der Waals surface area contributed by atoms with E-state index < -0.39 is 17.6 Å². The molecule has 0 saturated carbocycles. The first-order valence-corrected chi connectivity index (χ1v) is 4.98.